The van der Waals surface area contributed by atoms with Crippen molar-refractivity contribution in [2.24, 2.45) is 0 Å². The molecule has 0 radical (unpaired) electrons. The maximum absolute atomic E-state index is 11.6. The van der Waals surface area contributed by atoms with Gasteiger partial charge < -0.3 is 4.74 Å². The number of alkyl halides is 1. The van der Waals surface area contributed by atoms with Crippen LogP contribution in [0.4, 0.5) is 9.09 Å². The van der Waals surface area contributed by atoms with Crippen molar-refractivity contribution in [1.82, 2.24) is 0 Å². The SMILES string of the molecule is C=CC.F.O=C(OCCF)c1ccccc1. The highest BCUT2D eigenvalue weighted by Crippen LogP contribution is 2.00. The summed E-state index contributed by atoms with van der Waals surface area (Å²) in [7, 11) is 0. The summed E-state index contributed by atoms with van der Waals surface area (Å²) in [4.78, 5) is 11.0. The lowest BCUT2D eigenvalue weighted by Crippen LogP contribution is -2.06. The van der Waals surface area contributed by atoms with E-state index in [2.05, 4.69) is 11.3 Å². The van der Waals surface area contributed by atoms with E-state index in [9.17, 15) is 9.18 Å². The van der Waals surface area contributed by atoms with Crippen LogP contribution in [0.2, 0.25) is 0 Å². The minimum absolute atomic E-state index is 0. The van der Waals surface area contributed by atoms with E-state index >= 15 is 0 Å². The molecule has 0 saturated heterocycles. The van der Waals surface area contributed by atoms with Crippen LogP contribution in [-0.4, -0.2) is 19.3 Å². The molecule has 2 nitrogen and oxygen atoms in total. The molecule has 0 saturated carbocycles. The van der Waals surface area contributed by atoms with Crippen molar-refractivity contribution in [3.63, 3.8) is 0 Å². The van der Waals surface area contributed by atoms with Gasteiger partial charge in [-0.25, -0.2) is 9.18 Å². The molecule has 0 aromatic heterocycles. The molecule has 1 aromatic rings. The van der Waals surface area contributed by atoms with Crippen LogP contribution >= 0.6 is 0 Å². The molecule has 0 bridgehead atoms. The molecule has 0 unspecified atom stereocenters. The van der Waals surface area contributed by atoms with Gasteiger partial charge in [0, 0.05) is 0 Å². The summed E-state index contributed by atoms with van der Waals surface area (Å²) in [5, 5.41) is 0. The lowest BCUT2D eigenvalue weighted by atomic mass is 10.2. The Morgan fingerprint density at radius 2 is 1.94 bits per heavy atom. The first-order valence-corrected chi connectivity index (χ1v) is 4.61. The predicted octanol–water partition coefficient (Wildman–Crippen LogP) is 3.16. The fraction of sp³-hybridized carbons (Fsp3) is 0.250. The number of hydrogen-bond acceptors (Lipinski definition) is 2. The zero-order valence-corrected chi connectivity index (χ0v) is 9.19. The molecule has 0 aliphatic heterocycles. The fourth-order valence-corrected chi connectivity index (χ4v) is 0.789. The molecule has 4 heteroatoms. The zero-order valence-electron chi connectivity index (χ0n) is 9.19. The third kappa shape index (κ3) is 7.67. The Morgan fingerprint density at radius 1 is 1.44 bits per heavy atom. The number of carbonyl (C=O) groups excluding carboxylic acids is 1. The van der Waals surface area contributed by atoms with Crippen molar-refractivity contribution in [2.45, 2.75) is 6.92 Å². The van der Waals surface area contributed by atoms with Crippen LogP contribution < -0.4 is 0 Å². The number of hydrogen-bond donors (Lipinski definition) is 0. The Kier molecular flexibility index (Phi) is 11.9. The second kappa shape index (κ2) is 11.4. The van der Waals surface area contributed by atoms with Crippen molar-refractivity contribution in [3.05, 3.63) is 48.6 Å². The number of rotatable bonds is 3. The maximum Gasteiger partial charge on any atom is 0.338 e. The van der Waals surface area contributed by atoms with Crippen LogP contribution in [0.25, 0.3) is 0 Å². The molecule has 0 heterocycles. The minimum atomic E-state index is -0.640. The Bertz CT molecular complexity index is 286. The van der Waals surface area contributed by atoms with Gasteiger partial charge in [0.25, 0.3) is 0 Å². The van der Waals surface area contributed by atoms with Crippen LogP contribution in [0.15, 0.2) is 43.0 Å². The van der Waals surface area contributed by atoms with Crippen LogP contribution in [0.5, 0.6) is 0 Å². The molecule has 0 N–H and O–H groups in total. The Morgan fingerprint density at radius 3 is 2.38 bits per heavy atom. The third-order valence-electron chi connectivity index (χ3n) is 1.32. The molecular weight excluding hydrogens is 214 g/mol. The summed E-state index contributed by atoms with van der Waals surface area (Å²) in [6.45, 7) is 4.44. The van der Waals surface area contributed by atoms with E-state index in [4.69, 9.17) is 0 Å². The normalized spacial score (nSPS) is 7.88. The Labute approximate surface area is 94.1 Å². The van der Waals surface area contributed by atoms with Gasteiger partial charge in [-0.3, -0.25) is 4.70 Å². The molecule has 0 spiro atoms. The van der Waals surface area contributed by atoms with Gasteiger partial charge in [0.05, 0.1) is 5.56 Å². The van der Waals surface area contributed by atoms with Crippen LogP contribution in [0.1, 0.15) is 17.3 Å². The largest absolute Gasteiger partial charge is 0.459 e. The van der Waals surface area contributed by atoms with Gasteiger partial charge in [0.1, 0.15) is 13.3 Å². The highest BCUT2D eigenvalue weighted by atomic mass is 19.1. The molecular formula is C12H16F2O2. The Hall–Kier alpha value is -1.71. The van der Waals surface area contributed by atoms with Gasteiger partial charge >= 0.3 is 5.97 Å². The second-order valence-electron chi connectivity index (χ2n) is 2.60. The molecule has 1 rings (SSSR count). The van der Waals surface area contributed by atoms with Gasteiger partial charge in [-0.2, -0.15) is 0 Å². The van der Waals surface area contributed by atoms with E-state index in [0.717, 1.165) is 0 Å². The summed E-state index contributed by atoms with van der Waals surface area (Å²) >= 11 is 0. The first kappa shape index (κ1) is 16.7. The quantitative estimate of drug-likeness (QED) is 0.589. The predicted molar refractivity (Wildman–Crippen MR) is 61.1 cm³/mol. The van der Waals surface area contributed by atoms with Crippen molar-refractivity contribution in [1.29, 1.82) is 0 Å². The average molecular weight is 230 g/mol. The van der Waals surface area contributed by atoms with Gasteiger partial charge in [-0.05, 0) is 19.1 Å². The number of allylic oxidation sites excluding steroid dienone is 1. The minimum Gasteiger partial charge on any atom is -0.459 e. The summed E-state index contributed by atoms with van der Waals surface area (Å²) in [5.74, 6) is -0.478. The first-order valence-electron chi connectivity index (χ1n) is 4.61. The Balaban J connectivity index is 0. The summed E-state index contributed by atoms with van der Waals surface area (Å²) in [6, 6.07) is 8.51. The van der Waals surface area contributed by atoms with Gasteiger partial charge in [0.15, 0.2) is 0 Å². The lowest BCUT2D eigenvalue weighted by Gasteiger charge is -2.00. The molecule has 1 aromatic carbocycles. The van der Waals surface area contributed by atoms with E-state index < -0.39 is 12.6 Å². The van der Waals surface area contributed by atoms with E-state index in [0.29, 0.717) is 5.56 Å². The highest BCUT2D eigenvalue weighted by molar-refractivity contribution is 5.89. The van der Waals surface area contributed by atoms with Gasteiger partial charge in [-0.15, -0.1) is 6.58 Å². The standard InChI is InChI=1S/C9H9FO2.C3H6.FH/c10-6-7-12-9(11)8-4-2-1-3-5-8;1-3-2;/h1-5H,6-7H2;3H,1H2,2H3;1H. The molecule has 0 amide bonds. The van der Waals surface area contributed by atoms with E-state index in [1.54, 1.807) is 36.4 Å². The summed E-state index contributed by atoms with van der Waals surface area (Å²) < 4.78 is 16.2. The second-order valence-corrected chi connectivity index (χ2v) is 2.60. The first-order chi connectivity index (χ1) is 7.26. The number of carbonyl (C=O) groups is 1. The molecule has 0 aliphatic carbocycles. The van der Waals surface area contributed by atoms with Crippen LogP contribution in [0.3, 0.4) is 0 Å². The number of benzene rings is 1. The smallest absolute Gasteiger partial charge is 0.338 e. The van der Waals surface area contributed by atoms with Crippen molar-refractivity contribution >= 4 is 5.97 Å². The molecule has 0 atom stereocenters. The van der Waals surface area contributed by atoms with E-state index in [1.165, 1.54) is 0 Å². The number of esters is 1. The summed E-state index contributed by atoms with van der Waals surface area (Å²) in [5.41, 5.74) is 0.450. The van der Waals surface area contributed by atoms with Crippen LogP contribution in [-0.2, 0) is 4.74 Å². The molecule has 0 aliphatic rings. The number of ether oxygens (including phenoxy) is 1. The van der Waals surface area contributed by atoms with Crippen molar-refractivity contribution in [2.75, 3.05) is 13.3 Å². The fourth-order valence-electron chi connectivity index (χ4n) is 0.789. The third-order valence-corrected chi connectivity index (χ3v) is 1.32. The average Bonchev–Trinajstić information content (AvgIpc) is 2.28. The maximum atomic E-state index is 11.6. The molecule has 0 fully saturated rings. The van der Waals surface area contributed by atoms with Crippen molar-refractivity contribution in [3.8, 4) is 0 Å². The van der Waals surface area contributed by atoms with E-state index in [1.807, 2.05) is 6.92 Å². The monoisotopic (exact) mass is 230 g/mol. The van der Waals surface area contributed by atoms with Crippen LogP contribution in [0, 0.1) is 0 Å². The molecule has 90 valence electrons. The van der Waals surface area contributed by atoms with Gasteiger partial charge in [-0.1, -0.05) is 24.3 Å². The molecule has 16 heavy (non-hydrogen) atoms. The van der Waals surface area contributed by atoms with Gasteiger partial charge in [0.2, 0.25) is 0 Å². The summed E-state index contributed by atoms with van der Waals surface area (Å²) in [6.07, 6.45) is 1.75. The zero-order chi connectivity index (χ0) is 11.5. The van der Waals surface area contributed by atoms with E-state index in [-0.39, 0.29) is 11.3 Å². The highest BCUT2D eigenvalue weighted by Gasteiger charge is 2.03. The number of halogens is 2. The topological polar surface area (TPSA) is 26.3 Å². The van der Waals surface area contributed by atoms with Crippen molar-refractivity contribution < 1.29 is 18.6 Å². The lowest BCUT2D eigenvalue weighted by molar-refractivity contribution is 0.0481.